The largest absolute Gasteiger partial charge is 0.324 e. The van der Waals surface area contributed by atoms with Gasteiger partial charge in [0.05, 0.1) is 6.04 Å². The average Bonchev–Trinajstić information content (AvgIpc) is 3.15. The zero-order valence-electron chi connectivity index (χ0n) is 14.5. The Kier molecular flexibility index (Phi) is 5.64. The Labute approximate surface area is 152 Å². The van der Waals surface area contributed by atoms with E-state index in [-0.39, 0.29) is 11.9 Å². The maximum atomic E-state index is 12.7. The molecule has 3 aromatic rings. The van der Waals surface area contributed by atoms with E-state index in [0.29, 0.717) is 0 Å². The summed E-state index contributed by atoms with van der Waals surface area (Å²) < 4.78 is 0. The number of hydrogen-bond acceptors (Lipinski definition) is 3. The van der Waals surface area contributed by atoms with Crippen LogP contribution in [-0.2, 0) is 11.3 Å². The SMILES string of the molecule is C[C@H](C(=O)Nc1ccccc1-c1ccccc1)N(C)Cc1cccs1. The summed E-state index contributed by atoms with van der Waals surface area (Å²) in [7, 11) is 1.98. The van der Waals surface area contributed by atoms with Gasteiger partial charge < -0.3 is 5.32 Å². The van der Waals surface area contributed by atoms with Gasteiger partial charge in [-0.2, -0.15) is 0 Å². The van der Waals surface area contributed by atoms with Crippen molar-refractivity contribution in [2.75, 3.05) is 12.4 Å². The van der Waals surface area contributed by atoms with Crippen LogP contribution in [0.4, 0.5) is 5.69 Å². The van der Waals surface area contributed by atoms with Gasteiger partial charge in [0.25, 0.3) is 0 Å². The van der Waals surface area contributed by atoms with Gasteiger partial charge in [-0.15, -0.1) is 11.3 Å². The van der Waals surface area contributed by atoms with Crippen molar-refractivity contribution in [1.29, 1.82) is 0 Å². The summed E-state index contributed by atoms with van der Waals surface area (Å²) in [6, 6.07) is 21.9. The molecular weight excluding hydrogens is 328 g/mol. The van der Waals surface area contributed by atoms with E-state index in [1.54, 1.807) is 11.3 Å². The molecule has 0 aliphatic rings. The topological polar surface area (TPSA) is 32.3 Å². The maximum Gasteiger partial charge on any atom is 0.241 e. The summed E-state index contributed by atoms with van der Waals surface area (Å²) in [6.45, 7) is 2.71. The molecule has 0 saturated heterocycles. The van der Waals surface area contributed by atoms with Crippen LogP contribution in [0.5, 0.6) is 0 Å². The molecule has 2 aromatic carbocycles. The minimum atomic E-state index is -0.217. The standard InChI is InChI=1S/C21H22N2OS/c1-16(23(2)15-18-11-8-14-25-18)21(24)22-20-13-7-6-12-19(20)17-9-4-3-5-10-17/h3-14,16H,15H2,1-2H3,(H,22,24)/t16-/m1/s1. The summed E-state index contributed by atoms with van der Waals surface area (Å²) in [5.41, 5.74) is 2.97. The molecule has 1 aromatic heterocycles. The molecule has 0 radical (unpaired) electrons. The number of carbonyl (C=O) groups is 1. The van der Waals surface area contributed by atoms with E-state index in [1.807, 2.05) is 62.5 Å². The predicted octanol–water partition coefficient (Wildman–Crippen LogP) is 4.87. The number of carbonyl (C=O) groups excluding carboxylic acids is 1. The Morgan fingerprint density at radius 2 is 1.76 bits per heavy atom. The van der Waals surface area contributed by atoms with Crippen LogP contribution in [0, 0.1) is 0 Å². The lowest BCUT2D eigenvalue weighted by molar-refractivity contribution is -0.120. The Morgan fingerprint density at radius 3 is 2.48 bits per heavy atom. The van der Waals surface area contributed by atoms with E-state index in [4.69, 9.17) is 0 Å². The van der Waals surface area contributed by atoms with E-state index in [9.17, 15) is 4.79 Å². The molecule has 0 spiro atoms. The second kappa shape index (κ2) is 8.10. The molecule has 0 saturated carbocycles. The van der Waals surface area contributed by atoms with Crippen molar-refractivity contribution in [3.05, 3.63) is 77.0 Å². The van der Waals surface area contributed by atoms with Crippen molar-refractivity contribution in [3.8, 4) is 11.1 Å². The molecule has 25 heavy (non-hydrogen) atoms. The van der Waals surface area contributed by atoms with Crippen molar-refractivity contribution in [2.45, 2.75) is 19.5 Å². The number of para-hydroxylation sites is 1. The molecule has 128 valence electrons. The van der Waals surface area contributed by atoms with Crippen LogP contribution in [0.3, 0.4) is 0 Å². The highest BCUT2D eigenvalue weighted by atomic mass is 32.1. The van der Waals surface area contributed by atoms with Crippen molar-refractivity contribution >= 4 is 22.9 Å². The third-order valence-corrected chi connectivity index (χ3v) is 5.16. The van der Waals surface area contributed by atoms with Crippen LogP contribution in [-0.4, -0.2) is 23.9 Å². The van der Waals surface area contributed by atoms with E-state index in [1.165, 1.54) is 4.88 Å². The van der Waals surface area contributed by atoms with Gasteiger partial charge in [-0.25, -0.2) is 0 Å². The third-order valence-electron chi connectivity index (χ3n) is 4.30. The molecule has 1 N–H and O–H groups in total. The summed E-state index contributed by atoms with van der Waals surface area (Å²) in [5.74, 6) is 0.00226. The molecular formula is C21H22N2OS. The van der Waals surface area contributed by atoms with Gasteiger partial charge in [-0.1, -0.05) is 54.6 Å². The number of thiophene rings is 1. The molecule has 0 fully saturated rings. The lowest BCUT2D eigenvalue weighted by Crippen LogP contribution is -2.39. The first-order valence-corrected chi connectivity index (χ1v) is 9.21. The van der Waals surface area contributed by atoms with Gasteiger partial charge >= 0.3 is 0 Å². The number of amides is 1. The monoisotopic (exact) mass is 350 g/mol. The minimum absolute atomic E-state index is 0.00226. The number of benzene rings is 2. The fourth-order valence-electron chi connectivity index (χ4n) is 2.68. The molecule has 0 bridgehead atoms. The number of likely N-dealkylation sites (N-methyl/N-ethyl adjacent to an activating group) is 1. The van der Waals surface area contributed by atoms with Crippen molar-refractivity contribution in [3.63, 3.8) is 0 Å². The Morgan fingerprint density at radius 1 is 1.04 bits per heavy atom. The Balaban J connectivity index is 1.73. The summed E-state index contributed by atoms with van der Waals surface area (Å²) in [4.78, 5) is 16.0. The second-order valence-electron chi connectivity index (χ2n) is 6.07. The van der Waals surface area contributed by atoms with Crippen LogP contribution < -0.4 is 5.32 Å². The van der Waals surface area contributed by atoms with Gasteiger partial charge in [0.2, 0.25) is 5.91 Å². The molecule has 0 aliphatic carbocycles. The highest BCUT2D eigenvalue weighted by Gasteiger charge is 2.19. The molecule has 1 atom stereocenters. The molecule has 4 heteroatoms. The number of hydrogen-bond donors (Lipinski definition) is 1. The van der Waals surface area contributed by atoms with E-state index in [2.05, 4.69) is 33.8 Å². The van der Waals surface area contributed by atoms with Crippen molar-refractivity contribution in [1.82, 2.24) is 4.90 Å². The fourth-order valence-corrected chi connectivity index (χ4v) is 3.45. The molecule has 3 nitrogen and oxygen atoms in total. The molecule has 0 unspecified atom stereocenters. The first-order valence-electron chi connectivity index (χ1n) is 8.33. The predicted molar refractivity (Wildman–Crippen MR) is 106 cm³/mol. The van der Waals surface area contributed by atoms with E-state index < -0.39 is 0 Å². The van der Waals surface area contributed by atoms with E-state index >= 15 is 0 Å². The smallest absolute Gasteiger partial charge is 0.241 e. The zero-order chi connectivity index (χ0) is 17.6. The van der Waals surface area contributed by atoms with Gasteiger partial charge in [-0.05, 0) is 37.0 Å². The van der Waals surface area contributed by atoms with Gasteiger partial charge in [-0.3, -0.25) is 9.69 Å². The Bertz CT molecular complexity index is 815. The van der Waals surface area contributed by atoms with E-state index in [0.717, 1.165) is 23.4 Å². The number of nitrogens with one attached hydrogen (secondary N) is 1. The van der Waals surface area contributed by atoms with Crippen molar-refractivity contribution in [2.24, 2.45) is 0 Å². The zero-order valence-corrected chi connectivity index (χ0v) is 15.3. The Hall–Kier alpha value is -2.43. The van der Waals surface area contributed by atoms with Crippen LogP contribution in [0.25, 0.3) is 11.1 Å². The highest BCUT2D eigenvalue weighted by Crippen LogP contribution is 2.27. The molecule has 1 heterocycles. The molecule has 0 aliphatic heterocycles. The number of nitrogens with zero attached hydrogens (tertiary/aromatic N) is 1. The summed E-state index contributed by atoms with van der Waals surface area (Å²) >= 11 is 1.71. The third kappa shape index (κ3) is 4.35. The first-order chi connectivity index (χ1) is 12.1. The molecule has 1 amide bonds. The quantitative estimate of drug-likeness (QED) is 0.687. The van der Waals surface area contributed by atoms with Gasteiger partial charge in [0.1, 0.15) is 0 Å². The number of anilines is 1. The summed E-state index contributed by atoms with van der Waals surface area (Å²) in [6.07, 6.45) is 0. The second-order valence-corrected chi connectivity index (χ2v) is 7.10. The number of rotatable bonds is 6. The van der Waals surface area contributed by atoms with Gasteiger partial charge in [0.15, 0.2) is 0 Å². The van der Waals surface area contributed by atoms with Gasteiger partial charge in [0, 0.05) is 22.7 Å². The first kappa shape index (κ1) is 17.4. The maximum absolute atomic E-state index is 12.7. The van der Waals surface area contributed by atoms with Crippen LogP contribution in [0.2, 0.25) is 0 Å². The molecule has 3 rings (SSSR count). The van der Waals surface area contributed by atoms with Crippen LogP contribution >= 0.6 is 11.3 Å². The van der Waals surface area contributed by atoms with Crippen LogP contribution in [0.15, 0.2) is 72.1 Å². The van der Waals surface area contributed by atoms with Crippen molar-refractivity contribution < 1.29 is 4.79 Å². The summed E-state index contributed by atoms with van der Waals surface area (Å²) in [5, 5.41) is 5.15. The lowest BCUT2D eigenvalue weighted by Gasteiger charge is -2.24. The normalized spacial score (nSPS) is 12.1. The lowest BCUT2D eigenvalue weighted by atomic mass is 10.0. The minimum Gasteiger partial charge on any atom is -0.324 e. The highest BCUT2D eigenvalue weighted by molar-refractivity contribution is 7.09. The average molecular weight is 350 g/mol. The fraction of sp³-hybridized carbons (Fsp3) is 0.190. The van der Waals surface area contributed by atoms with Crippen LogP contribution in [0.1, 0.15) is 11.8 Å².